The first-order chi connectivity index (χ1) is 7.93. The van der Waals surface area contributed by atoms with Gasteiger partial charge < -0.3 is 15.2 Å². The topological polar surface area (TPSA) is 69.2 Å². The summed E-state index contributed by atoms with van der Waals surface area (Å²) >= 11 is 3.24. The van der Waals surface area contributed by atoms with Crippen molar-refractivity contribution in [1.82, 2.24) is 5.32 Å². The van der Waals surface area contributed by atoms with E-state index in [4.69, 9.17) is 0 Å². The van der Waals surface area contributed by atoms with E-state index in [1.54, 1.807) is 38.1 Å². The second-order valence-electron chi connectivity index (χ2n) is 3.99. The number of amides is 1. The highest BCUT2D eigenvalue weighted by Gasteiger charge is 2.19. The summed E-state index contributed by atoms with van der Waals surface area (Å²) in [6, 6.07) is 5.84. The van der Waals surface area contributed by atoms with Crippen molar-refractivity contribution in [3.8, 4) is 0 Å². The molecule has 0 aliphatic rings. The summed E-state index contributed by atoms with van der Waals surface area (Å²) in [4.78, 5) is 22.7. The lowest BCUT2D eigenvalue weighted by Crippen LogP contribution is -2.50. The molecule has 0 heterocycles. The van der Waals surface area contributed by atoms with Crippen LogP contribution >= 0.6 is 15.9 Å². The molecule has 0 saturated carbocycles. The van der Waals surface area contributed by atoms with Gasteiger partial charge in [0.05, 0.1) is 17.6 Å². The maximum atomic E-state index is 11.9. The molecule has 1 aromatic rings. The van der Waals surface area contributed by atoms with Crippen LogP contribution < -0.4 is 10.4 Å². The number of hydrogen-bond acceptors (Lipinski definition) is 3. The summed E-state index contributed by atoms with van der Waals surface area (Å²) in [7, 11) is 0. The van der Waals surface area contributed by atoms with Crippen LogP contribution in [0.15, 0.2) is 28.7 Å². The van der Waals surface area contributed by atoms with Crippen LogP contribution in [-0.4, -0.2) is 17.9 Å². The number of rotatable bonds is 4. The molecule has 5 heteroatoms. The summed E-state index contributed by atoms with van der Waals surface area (Å²) in [6.07, 6.45) is 0. The van der Waals surface area contributed by atoms with Gasteiger partial charge in [0.1, 0.15) is 0 Å². The molecule has 1 amide bonds. The third-order valence-electron chi connectivity index (χ3n) is 2.33. The minimum absolute atomic E-state index is 0.230. The van der Waals surface area contributed by atoms with Gasteiger partial charge in [0.2, 0.25) is 0 Å². The van der Waals surface area contributed by atoms with Gasteiger partial charge in [0.15, 0.2) is 0 Å². The highest BCUT2D eigenvalue weighted by Crippen LogP contribution is 2.16. The van der Waals surface area contributed by atoms with Gasteiger partial charge in [-0.25, -0.2) is 0 Å². The molecule has 0 saturated heterocycles. The van der Waals surface area contributed by atoms with Crippen molar-refractivity contribution in [2.24, 2.45) is 5.92 Å². The average molecular weight is 299 g/mol. The molecule has 0 spiro atoms. The zero-order valence-corrected chi connectivity index (χ0v) is 11.2. The Balaban J connectivity index is 2.85. The second kappa shape index (κ2) is 5.82. The Kier molecular flexibility index (Phi) is 4.69. The van der Waals surface area contributed by atoms with Gasteiger partial charge in [-0.15, -0.1) is 0 Å². The van der Waals surface area contributed by atoms with Crippen molar-refractivity contribution in [1.29, 1.82) is 0 Å². The van der Waals surface area contributed by atoms with Crippen LogP contribution in [0.2, 0.25) is 0 Å². The number of carbonyl (C=O) groups is 2. The fourth-order valence-corrected chi connectivity index (χ4v) is 1.83. The molecule has 1 atom stereocenters. The molecular formula is C12H13BrNO3-. The van der Waals surface area contributed by atoms with Crippen LogP contribution in [-0.2, 0) is 4.79 Å². The van der Waals surface area contributed by atoms with Gasteiger partial charge in [0.25, 0.3) is 5.91 Å². The average Bonchev–Trinajstić information content (AvgIpc) is 2.25. The molecular weight excluding hydrogens is 286 g/mol. The molecule has 0 aliphatic carbocycles. The van der Waals surface area contributed by atoms with Crippen LogP contribution in [0.3, 0.4) is 0 Å². The standard InChI is InChI=1S/C12H14BrNO3/c1-7(2)10(12(16)17)14-11(15)8-5-3-4-6-9(8)13/h3-7,10H,1-2H3,(H,14,15)(H,16,17)/p-1. The molecule has 4 nitrogen and oxygen atoms in total. The number of carbonyl (C=O) groups excluding carboxylic acids is 2. The molecule has 0 radical (unpaired) electrons. The zero-order chi connectivity index (χ0) is 13.0. The van der Waals surface area contributed by atoms with Crippen LogP contribution in [0.5, 0.6) is 0 Å². The summed E-state index contributed by atoms with van der Waals surface area (Å²) in [6.45, 7) is 3.42. The van der Waals surface area contributed by atoms with E-state index in [9.17, 15) is 14.7 Å². The van der Waals surface area contributed by atoms with E-state index in [1.165, 1.54) is 0 Å². The van der Waals surface area contributed by atoms with E-state index in [-0.39, 0.29) is 5.92 Å². The van der Waals surface area contributed by atoms with Crippen LogP contribution in [0, 0.1) is 5.92 Å². The minimum atomic E-state index is -1.28. The minimum Gasteiger partial charge on any atom is -0.548 e. The summed E-state index contributed by atoms with van der Waals surface area (Å²) in [5.74, 6) is -1.94. The predicted octanol–water partition coefficient (Wildman–Crippen LogP) is 0.953. The first-order valence-electron chi connectivity index (χ1n) is 5.19. The van der Waals surface area contributed by atoms with Crippen molar-refractivity contribution in [3.63, 3.8) is 0 Å². The molecule has 0 aliphatic heterocycles. The molecule has 0 aromatic heterocycles. The number of benzene rings is 1. The Morgan fingerprint density at radius 2 is 1.88 bits per heavy atom. The van der Waals surface area contributed by atoms with E-state index in [0.29, 0.717) is 10.0 Å². The third kappa shape index (κ3) is 3.56. The van der Waals surface area contributed by atoms with E-state index in [0.717, 1.165) is 0 Å². The quantitative estimate of drug-likeness (QED) is 0.900. The fourth-order valence-electron chi connectivity index (χ4n) is 1.36. The number of nitrogens with one attached hydrogen (secondary N) is 1. The van der Waals surface area contributed by atoms with Crippen molar-refractivity contribution in [2.75, 3.05) is 0 Å². The molecule has 1 N–H and O–H groups in total. The summed E-state index contributed by atoms with van der Waals surface area (Å²) in [5, 5.41) is 13.3. The second-order valence-corrected chi connectivity index (χ2v) is 4.85. The zero-order valence-electron chi connectivity index (χ0n) is 9.57. The summed E-state index contributed by atoms with van der Waals surface area (Å²) < 4.78 is 0.623. The number of carboxylic acid groups (broad SMARTS) is 1. The van der Waals surface area contributed by atoms with Gasteiger partial charge in [-0.3, -0.25) is 4.79 Å². The maximum Gasteiger partial charge on any atom is 0.252 e. The number of halogens is 1. The van der Waals surface area contributed by atoms with Crippen molar-refractivity contribution in [2.45, 2.75) is 19.9 Å². The van der Waals surface area contributed by atoms with Gasteiger partial charge >= 0.3 is 0 Å². The lowest BCUT2D eigenvalue weighted by Gasteiger charge is -2.23. The lowest BCUT2D eigenvalue weighted by molar-refractivity contribution is -0.309. The predicted molar refractivity (Wildman–Crippen MR) is 65.2 cm³/mol. The number of carboxylic acids is 1. The van der Waals surface area contributed by atoms with Gasteiger partial charge in [-0.05, 0) is 34.0 Å². The van der Waals surface area contributed by atoms with E-state index in [1.807, 2.05) is 0 Å². The summed E-state index contributed by atoms with van der Waals surface area (Å²) in [5.41, 5.74) is 0.402. The monoisotopic (exact) mass is 298 g/mol. The largest absolute Gasteiger partial charge is 0.548 e. The lowest BCUT2D eigenvalue weighted by atomic mass is 10.0. The molecule has 17 heavy (non-hydrogen) atoms. The first kappa shape index (κ1) is 13.7. The molecule has 92 valence electrons. The van der Waals surface area contributed by atoms with Gasteiger partial charge in [0, 0.05) is 4.47 Å². The van der Waals surface area contributed by atoms with E-state index in [2.05, 4.69) is 21.2 Å². The highest BCUT2D eigenvalue weighted by molar-refractivity contribution is 9.10. The number of aliphatic carboxylic acids is 1. The molecule has 1 aromatic carbocycles. The Morgan fingerprint density at radius 3 is 2.35 bits per heavy atom. The normalized spacial score (nSPS) is 12.2. The fraction of sp³-hybridized carbons (Fsp3) is 0.333. The first-order valence-corrected chi connectivity index (χ1v) is 5.99. The van der Waals surface area contributed by atoms with Crippen LogP contribution in [0.4, 0.5) is 0 Å². The SMILES string of the molecule is CC(C)C(NC(=O)c1ccccc1Br)C(=O)[O-]. The Bertz CT molecular complexity index is 432. The van der Waals surface area contributed by atoms with Gasteiger partial charge in [-0.1, -0.05) is 26.0 Å². The van der Waals surface area contributed by atoms with Gasteiger partial charge in [-0.2, -0.15) is 0 Å². The Morgan fingerprint density at radius 1 is 1.29 bits per heavy atom. The van der Waals surface area contributed by atoms with Crippen molar-refractivity contribution < 1.29 is 14.7 Å². The molecule has 0 fully saturated rings. The van der Waals surface area contributed by atoms with Crippen molar-refractivity contribution >= 4 is 27.8 Å². The highest BCUT2D eigenvalue weighted by atomic mass is 79.9. The number of hydrogen-bond donors (Lipinski definition) is 1. The maximum absolute atomic E-state index is 11.9. The van der Waals surface area contributed by atoms with E-state index >= 15 is 0 Å². The smallest absolute Gasteiger partial charge is 0.252 e. The molecule has 1 unspecified atom stereocenters. The Labute approximate surface area is 108 Å². The molecule has 0 bridgehead atoms. The molecule has 1 rings (SSSR count). The Hall–Kier alpha value is -1.36. The van der Waals surface area contributed by atoms with Crippen LogP contribution in [0.25, 0.3) is 0 Å². The van der Waals surface area contributed by atoms with Crippen molar-refractivity contribution in [3.05, 3.63) is 34.3 Å². The van der Waals surface area contributed by atoms with E-state index < -0.39 is 17.9 Å². The van der Waals surface area contributed by atoms with Crippen LogP contribution in [0.1, 0.15) is 24.2 Å². The third-order valence-corrected chi connectivity index (χ3v) is 3.02.